The summed E-state index contributed by atoms with van der Waals surface area (Å²) in [7, 11) is 1.38. The maximum atomic E-state index is 10.5. The van der Waals surface area contributed by atoms with Crippen molar-refractivity contribution >= 4 is 28.3 Å². The van der Waals surface area contributed by atoms with Crippen LogP contribution in [0.3, 0.4) is 0 Å². The van der Waals surface area contributed by atoms with E-state index in [1.54, 1.807) is 0 Å². The fourth-order valence-corrected chi connectivity index (χ4v) is 1.41. The predicted octanol–water partition coefficient (Wildman–Crippen LogP) is 2.69. The number of carbonyl (C=O) groups is 1. The fourth-order valence-electron chi connectivity index (χ4n) is 0.826. The number of ether oxygens (including phenoxy) is 1. The molecule has 0 N–H and O–H groups in total. The molecule has 4 heteroatoms. The highest BCUT2D eigenvalue weighted by Gasteiger charge is 1.96. The number of rotatable bonds is 4. The maximum Gasteiger partial charge on any atom is 0.302 e. The summed E-state index contributed by atoms with van der Waals surface area (Å²) in [5.74, 6) is -0.273. The van der Waals surface area contributed by atoms with Crippen molar-refractivity contribution in [3.8, 4) is 0 Å². The van der Waals surface area contributed by atoms with Gasteiger partial charge in [0.1, 0.15) is 7.73 Å². The predicted molar refractivity (Wildman–Crippen MR) is 56.8 cm³/mol. The Morgan fingerprint density at radius 3 is 2.85 bits per heavy atom. The zero-order valence-corrected chi connectivity index (χ0v) is 8.78. The van der Waals surface area contributed by atoms with Crippen LogP contribution in [0.15, 0.2) is 29.2 Å². The Labute approximate surface area is 87.6 Å². The molecule has 0 aliphatic rings. The lowest BCUT2D eigenvalue weighted by Gasteiger charge is -2.02. The van der Waals surface area contributed by atoms with Gasteiger partial charge in [0.25, 0.3) is 0 Å². The van der Waals surface area contributed by atoms with Gasteiger partial charge in [-0.1, -0.05) is 22.9 Å². The molecule has 0 heterocycles. The molecule has 0 aromatic heterocycles. The number of benzene rings is 1. The molecule has 0 amide bonds. The summed E-state index contributed by atoms with van der Waals surface area (Å²) in [5, 5.41) is 0. The van der Waals surface area contributed by atoms with Crippen molar-refractivity contribution in [3.63, 3.8) is 0 Å². The lowest BCUT2D eigenvalue weighted by molar-refractivity contribution is -0.142. The van der Waals surface area contributed by atoms with Crippen LogP contribution in [-0.4, -0.2) is 7.09 Å². The van der Waals surface area contributed by atoms with Crippen molar-refractivity contribution in [2.45, 2.75) is 18.4 Å². The van der Waals surface area contributed by atoms with Crippen molar-refractivity contribution in [3.05, 3.63) is 29.8 Å². The number of carbonyl (C=O) groups excluding carboxylic acids is 1. The van der Waals surface area contributed by atoms with E-state index in [4.69, 9.17) is 5.86 Å². The molecule has 1 rings (SSSR count). The Morgan fingerprint density at radius 2 is 2.31 bits per heavy atom. The van der Waals surface area contributed by atoms with E-state index in [9.17, 15) is 4.79 Å². The van der Waals surface area contributed by atoms with Crippen molar-refractivity contribution < 1.29 is 9.53 Å². The minimum absolute atomic E-state index is 0.273. The third kappa shape index (κ3) is 3.74. The van der Waals surface area contributed by atoms with Crippen LogP contribution >= 0.6 is 22.4 Å². The Balaban J connectivity index is 2.50. The Hall–Kier alpha value is -0.610. The summed E-state index contributed by atoms with van der Waals surface area (Å²) in [6.45, 7) is 1.70. The van der Waals surface area contributed by atoms with Gasteiger partial charge in [-0.25, -0.2) is 0 Å². The van der Waals surface area contributed by atoms with Gasteiger partial charge in [0.15, 0.2) is 0 Å². The van der Waals surface area contributed by atoms with Gasteiger partial charge in [-0.15, -0.1) is 11.6 Å². The Morgan fingerprint density at radius 1 is 1.62 bits per heavy atom. The summed E-state index contributed by atoms with van der Waals surface area (Å²) >= 11 is 0.960. The molecule has 0 aliphatic carbocycles. The lowest BCUT2D eigenvalue weighted by Crippen LogP contribution is -1.98. The standard InChI is InChI=1S/C9H10O2S2/c1-7(10)11-6-8-2-4-9(13-12)5-3-8/h2-5,12H,6H2,1H3/i/hD. The van der Waals surface area contributed by atoms with Crippen LogP contribution in [0.25, 0.3) is 0 Å². The van der Waals surface area contributed by atoms with Gasteiger partial charge < -0.3 is 4.74 Å². The first-order valence-corrected chi connectivity index (χ1v) is 5.48. The molecule has 13 heavy (non-hydrogen) atoms. The molecule has 70 valence electrons. The van der Waals surface area contributed by atoms with Gasteiger partial charge in [0.05, 0.1) is 0 Å². The normalized spacial score (nSPS) is 10.7. The van der Waals surface area contributed by atoms with Crippen LogP contribution in [0.4, 0.5) is 0 Å². The number of thiol groups is 1. The van der Waals surface area contributed by atoms with Crippen molar-refractivity contribution in [2.75, 3.05) is 0 Å². The first-order chi connectivity index (χ1) is 6.72. The molecule has 2 nitrogen and oxygen atoms in total. The van der Waals surface area contributed by atoms with Gasteiger partial charge >= 0.3 is 5.97 Å². The molecule has 0 saturated heterocycles. The summed E-state index contributed by atoms with van der Waals surface area (Å²) in [5.41, 5.74) is 0.958. The maximum absolute atomic E-state index is 10.5. The summed E-state index contributed by atoms with van der Waals surface area (Å²) in [6.07, 6.45) is 0. The molecule has 0 spiro atoms. The molecule has 0 atom stereocenters. The smallest absolute Gasteiger partial charge is 0.302 e. The minimum Gasteiger partial charge on any atom is -0.461 e. The molecular formula is C9H10O2S2. The number of esters is 1. The van der Waals surface area contributed by atoms with Crippen molar-refractivity contribution in [1.82, 2.24) is 0 Å². The molecule has 0 bridgehead atoms. The SMILES string of the molecule is [2H]SSc1ccc(COC(C)=O)cc1. The third-order valence-corrected chi connectivity index (χ3v) is 2.50. The van der Waals surface area contributed by atoms with Gasteiger partial charge in [-0.05, 0) is 17.7 Å². The van der Waals surface area contributed by atoms with E-state index in [2.05, 4.69) is 0 Å². The third-order valence-electron chi connectivity index (χ3n) is 1.46. The fraction of sp³-hybridized carbons (Fsp3) is 0.222. The zero-order chi connectivity index (χ0) is 10.4. The number of hydrogen-bond donors (Lipinski definition) is 1. The summed E-state index contributed by atoms with van der Waals surface area (Å²) in [6, 6.07) is 7.60. The van der Waals surface area contributed by atoms with Gasteiger partial charge in [-0.3, -0.25) is 4.79 Å². The zero-order valence-electron chi connectivity index (χ0n) is 8.15. The van der Waals surface area contributed by atoms with E-state index < -0.39 is 0 Å². The highest BCUT2D eigenvalue weighted by Crippen LogP contribution is 2.21. The second-order valence-electron chi connectivity index (χ2n) is 2.51. The van der Waals surface area contributed by atoms with Crippen LogP contribution < -0.4 is 0 Å². The lowest BCUT2D eigenvalue weighted by atomic mass is 10.2. The second-order valence-corrected chi connectivity index (χ2v) is 3.65. The van der Waals surface area contributed by atoms with Crippen LogP contribution in [-0.2, 0) is 16.1 Å². The topological polar surface area (TPSA) is 26.3 Å². The highest BCUT2D eigenvalue weighted by molar-refractivity contribution is 8.68. The van der Waals surface area contributed by atoms with E-state index in [1.165, 1.54) is 17.7 Å². The average molecular weight is 215 g/mol. The van der Waals surface area contributed by atoms with Gasteiger partial charge in [0, 0.05) is 11.8 Å². The van der Waals surface area contributed by atoms with E-state index in [0.29, 0.717) is 6.61 Å². The summed E-state index contributed by atoms with van der Waals surface area (Å²) in [4.78, 5) is 11.6. The molecule has 0 unspecified atom stereocenters. The van der Waals surface area contributed by atoms with Crippen LogP contribution in [0.1, 0.15) is 12.5 Å². The quantitative estimate of drug-likeness (QED) is 0.475. The number of hydrogen-bond acceptors (Lipinski definition) is 4. The van der Waals surface area contributed by atoms with E-state index in [1.807, 2.05) is 24.3 Å². The first kappa shape index (κ1) is 8.97. The van der Waals surface area contributed by atoms with Crippen molar-refractivity contribution in [2.24, 2.45) is 0 Å². The molecule has 1 aromatic carbocycles. The Kier molecular flexibility index (Phi) is 3.58. The second kappa shape index (κ2) is 5.19. The molecule has 0 saturated carbocycles. The minimum atomic E-state index is -0.273. The van der Waals surface area contributed by atoms with Crippen LogP contribution in [0.2, 0.25) is 0 Å². The van der Waals surface area contributed by atoms with Crippen LogP contribution in [0.5, 0.6) is 0 Å². The highest BCUT2D eigenvalue weighted by atomic mass is 33.1. The largest absolute Gasteiger partial charge is 0.461 e. The monoisotopic (exact) mass is 215 g/mol. The van der Waals surface area contributed by atoms with E-state index in [-0.39, 0.29) is 5.97 Å². The molecular weight excluding hydrogens is 204 g/mol. The molecule has 1 aromatic rings. The summed E-state index contributed by atoms with van der Waals surface area (Å²) < 4.78 is 11.8. The van der Waals surface area contributed by atoms with E-state index >= 15 is 0 Å². The van der Waals surface area contributed by atoms with Crippen LogP contribution in [0, 0.1) is 0 Å². The molecule has 0 aliphatic heterocycles. The molecule has 0 radical (unpaired) electrons. The molecule has 0 fully saturated rings. The van der Waals surface area contributed by atoms with Gasteiger partial charge in [-0.2, -0.15) is 0 Å². The van der Waals surface area contributed by atoms with Crippen molar-refractivity contribution in [1.29, 1.82) is 1.12 Å². The van der Waals surface area contributed by atoms with Gasteiger partial charge in [0.2, 0.25) is 0 Å². The first-order valence-electron chi connectivity index (χ1n) is 4.15. The Bertz CT molecular complexity index is 300. The van der Waals surface area contributed by atoms with E-state index in [0.717, 1.165) is 22.0 Å². The average Bonchev–Trinajstić information content (AvgIpc) is 2.17.